The van der Waals surface area contributed by atoms with E-state index in [2.05, 4.69) is 5.92 Å². The minimum atomic E-state index is -0.894. The van der Waals surface area contributed by atoms with Gasteiger partial charge in [0.15, 0.2) is 0 Å². The predicted molar refractivity (Wildman–Crippen MR) is 67.3 cm³/mol. The number of amides is 1. The first-order chi connectivity index (χ1) is 9.04. The van der Waals surface area contributed by atoms with E-state index in [0.29, 0.717) is 11.1 Å². The molecule has 2 rings (SSSR count). The number of hydrogen-bond donors (Lipinski definition) is 1. The van der Waals surface area contributed by atoms with E-state index in [1.165, 1.54) is 0 Å². The number of nitro groups is 1. The highest BCUT2D eigenvalue weighted by Crippen LogP contribution is 2.32. The zero-order chi connectivity index (χ0) is 14.0. The Balaban J connectivity index is 2.71. The Kier molecular flexibility index (Phi) is 3.04. The minimum absolute atomic E-state index is 0.216. The lowest BCUT2D eigenvalue weighted by molar-refractivity contribution is -0.402. The molecule has 0 fully saturated rings. The lowest BCUT2D eigenvalue weighted by atomic mass is 10.0. The van der Waals surface area contributed by atoms with Gasteiger partial charge in [0, 0.05) is 16.7 Å². The van der Waals surface area contributed by atoms with Crippen molar-refractivity contribution < 1.29 is 14.1 Å². The van der Waals surface area contributed by atoms with Crippen molar-refractivity contribution in [1.29, 1.82) is 0 Å². The maximum absolute atomic E-state index is 11.3. The summed E-state index contributed by atoms with van der Waals surface area (Å²) in [4.78, 5) is 21.2. The summed E-state index contributed by atoms with van der Waals surface area (Å²) < 4.78 is 4.85. The molecule has 0 bridgehead atoms. The Morgan fingerprint density at radius 3 is 2.63 bits per heavy atom. The SMILES string of the molecule is C#Cc1ccccc1-c1cc([N+](=O)[O-])oc1C(N)=O. The van der Waals surface area contributed by atoms with Crippen molar-refractivity contribution in [2.75, 3.05) is 0 Å². The van der Waals surface area contributed by atoms with E-state index >= 15 is 0 Å². The second kappa shape index (κ2) is 4.66. The number of carbonyl (C=O) groups is 1. The van der Waals surface area contributed by atoms with Crippen LogP contribution in [0.3, 0.4) is 0 Å². The fourth-order valence-corrected chi connectivity index (χ4v) is 1.69. The monoisotopic (exact) mass is 256 g/mol. The van der Waals surface area contributed by atoms with Crippen LogP contribution in [0.2, 0.25) is 0 Å². The number of carbonyl (C=O) groups excluding carboxylic acids is 1. The maximum Gasteiger partial charge on any atom is 0.434 e. The number of furan rings is 1. The first-order valence-electron chi connectivity index (χ1n) is 5.18. The second-order valence-corrected chi connectivity index (χ2v) is 3.64. The molecule has 0 aliphatic rings. The Labute approximate surface area is 108 Å². The van der Waals surface area contributed by atoms with Crippen LogP contribution in [-0.4, -0.2) is 10.8 Å². The second-order valence-electron chi connectivity index (χ2n) is 3.64. The van der Waals surface area contributed by atoms with Crippen molar-refractivity contribution in [1.82, 2.24) is 0 Å². The lowest BCUT2D eigenvalue weighted by Crippen LogP contribution is -2.11. The third-order valence-electron chi connectivity index (χ3n) is 2.50. The van der Waals surface area contributed by atoms with Crippen LogP contribution in [0.1, 0.15) is 16.1 Å². The molecule has 1 aromatic carbocycles. The molecule has 0 spiro atoms. The summed E-state index contributed by atoms with van der Waals surface area (Å²) in [5.41, 5.74) is 6.33. The fourth-order valence-electron chi connectivity index (χ4n) is 1.69. The molecular weight excluding hydrogens is 248 g/mol. The molecule has 19 heavy (non-hydrogen) atoms. The van der Waals surface area contributed by atoms with Gasteiger partial charge >= 0.3 is 5.88 Å². The first-order valence-corrected chi connectivity index (χ1v) is 5.18. The molecule has 0 aliphatic heterocycles. The third-order valence-corrected chi connectivity index (χ3v) is 2.50. The number of hydrogen-bond acceptors (Lipinski definition) is 4. The van der Waals surface area contributed by atoms with Crippen LogP contribution in [0.5, 0.6) is 0 Å². The van der Waals surface area contributed by atoms with Gasteiger partial charge in [-0.15, -0.1) is 6.42 Å². The minimum Gasteiger partial charge on any atom is -0.395 e. The van der Waals surface area contributed by atoms with Gasteiger partial charge in [-0.1, -0.05) is 24.1 Å². The average Bonchev–Trinajstić information content (AvgIpc) is 2.83. The van der Waals surface area contributed by atoms with Crippen LogP contribution in [0.25, 0.3) is 11.1 Å². The molecule has 94 valence electrons. The molecular formula is C13H8N2O4. The predicted octanol–water partition coefficient (Wildman–Crippen LogP) is 1.93. The van der Waals surface area contributed by atoms with E-state index in [1.807, 2.05) is 0 Å². The summed E-state index contributed by atoms with van der Waals surface area (Å²) >= 11 is 0. The van der Waals surface area contributed by atoms with Gasteiger partial charge in [-0.25, -0.2) is 0 Å². The largest absolute Gasteiger partial charge is 0.434 e. The van der Waals surface area contributed by atoms with Gasteiger partial charge in [0.05, 0.1) is 6.07 Å². The summed E-state index contributed by atoms with van der Waals surface area (Å²) in [6, 6.07) is 7.84. The van der Waals surface area contributed by atoms with E-state index in [4.69, 9.17) is 16.6 Å². The normalized spacial score (nSPS) is 9.84. The van der Waals surface area contributed by atoms with Crippen molar-refractivity contribution >= 4 is 11.8 Å². The van der Waals surface area contributed by atoms with Crippen LogP contribution in [0, 0.1) is 22.5 Å². The number of primary amides is 1. The maximum atomic E-state index is 11.3. The Hall–Kier alpha value is -3.07. The molecule has 2 aromatic rings. The highest BCUT2D eigenvalue weighted by molar-refractivity contribution is 5.98. The molecule has 2 N–H and O–H groups in total. The van der Waals surface area contributed by atoms with E-state index in [9.17, 15) is 14.9 Å². The number of nitrogens with two attached hydrogens (primary N) is 1. The molecule has 1 heterocycles. The number of rotatable bonds is 3. The van der Waals surface area contributed by atoms with Gasteiger partial charge in [-0.2, -0.15) is 0 Å². The molecule has 6 heteroatoms. The number of nitrogens with zero attached hydrogens (tertiary/aromatic N) is 1. The van der Waals surface area contributed by atoms with Crippen LogP contribution < -0.4 is 5.73 Å². The van der Waals surface area contributed by atoms with Gasteiger partial charge in [-0.05, 0) is 6.07 Å². The van der Waals surface area contributed by atoms with Crippen LogP contribution in [0.15, 0.2) is 34.7 Å². The molecule has 0 radical (unpaired) electrons. The number of benzene rings is 1. The van der Waals surface area contributed by atoms with E-state index in [1.54, 1.807) is 24.3 Å². The van der Waals surface area contributed by atoms with E-state index < -0.39 is 16.7 Å². The summed E-state index contributed by atoms with van der Waals surface area (Å²) in [6.07, 6.45) is 5.35. The molecule has 0 saturated carbocycles. The highest BCUT2D eigenvalue weighted by Gasteiger charge is 2.24. The van der Waals surface area contributed by atoms with E-state index in [-0.39, 0.29) is 11.3 Å². The lowest BCUT2D eigenvalue weighted by Gasteiger charge is -2.02. The molecule has 1 amide bonds. The van der Waals surface area contributed by atoms with Crippen LogP contribution >= 0.6 is 0 Å². The summed E-state index contributed by atoms with van der Waals surface area (Å²) in [6.45, 7) is 0. The molecule has 0 unspecified atom stereocenters. The smallest absolute Gasteiger partial charge is 0.395 e. The third kappa shape index (κ3) is 2.17. The fraction of sp³-hybridized carbons (Fsp3) is 0. The Morgan fingerprint density at radius 1 is 1.37 bits per heavy atom. The van der Waals surface area contributed by atoms with Gasteiger partial charge in [0.2, 0.25) is 5.76 Å². The van der Waals surface area contributed by atoms with E-state index in [0.717, 1.165) is 6.07 Å². The zero-order valence-corrected chi connectivity index (χ0v) is 9.62. The summed E-state index contributed by atoms with van der Waals surface area (Å²) in [5, 5.41) is 10.7. The van der Waals surface area contributed by atoms with Crippen molar-refractivity contribution in [3.05, 3.63) is 51.8 Å². The Morgan fingerprint density at radius 2 is 2.05 bits per heavy atom. The van der Waals surface area contributed by atoms with Gasteiger partial charge in [0.25, 0.3) is 5.91 Å². The van der Waals surface area contributed by atoms with Crippen molar-refractivity contribution in [3.63, 3.8) is 0 Å². The van der Waals surface area contributed by atoms with Crippen molar-refractivity contribution in [3.8, 4) is 23.5 Å². The van der Waals surface area contributed by atoms with Crippen LogP contribution in [-0.2, 0) is 0 Å². The van der Waals surface area contributed by atoms with Crippen LogP contribution in [0.4, 0.5) is 5.88 Å². The van der Waals surface area contributed by atoms with Crippen molar-refractivity contribution in [2.45, 2.75) is 0 Å². The molecule has 0 atom stereocenters. The molecule has 6 nitrogen and oxygen atoms in total. The van der Waals surface area contributed by atoms with Crippen molar-refractivity contribution in [2.24, 2.45) is 5.73 Å². The average molecular weight is 256 g/mol. The van der Waals surface area contributed by atoms with Gasteiger partial charge in [-0.3, -0.25) is 14.9 Å². The van der Waals surface area contributed by atoms with Gasteiger partial charge in [0.1, 0.15) is 4.92 Å². The number of terminal acetylenes is 1. The standard InChI is InChI=1S/C13H8N2O4/c1-2-8-5-3-4-6-9(8)10-7-11(15(17)18)19-12(10)13(14)16/h1,3-7H,(H2,14,16). The quantitative estimate of drug-likeness (QED) is 0.515. The van der Waals surface area contributed by atoms with Gasteiger partial charge < -0.3 is 10.2 Å². The highest BCUT2D eigenvalue weighted by atomic mass is 16.6. The zero-order valence-electron chi connectivity index (χ0n) is 9.62. The molecule has 1 aromatic heterocycles. The topological polar surface area (TPSA) is 99.4 Å². The molecule has 0 aliphatic carbocycles. The Bertz CT molecular complexity index is 710. The summed E-state index contributed by atoms with van der Waals surface area (Å²) in [5.74, 6) is 0.699. The summed E-state index contributed by atoms with van der Waals surface area (Å²) in [7, 11) is 0. The first kappa shape index (κ1) is 12.4. The molecule has 0 saturated heterocycles.